The number of hydrogen-bond acceptors (Lipinski definition) is 1. The fraction of sp³-hybridized carbons (Fsp3) is 0.833. The number of allylic oxidation sites excluding steroid dienone is 1. The molecule has 0 radical (unpaired) electrons. The van der Waals surface area contributed by atoms with E-state index in [1.807, 2.05) is 0 Å². The molecule has 1 heterocycles. The molecule has 0 amide bonds. The maximum absolute atomic E-state index is 3.38. The van der Waals surface area contributed by atoms with Crippen LogP contribution < -0.4 is 5.32 Å². The number of piperidine rings is 1. The molecular formula is C12H23N. The molecule has 1 aliphatic rings. The Hall–Kier alpha value is -0.300. The first-order chi connectivity index (χ1) is 6.43. The summed E-state index contributed by atoms with van der Waals surface area (Å²) in [6, 6.07) is 0. The number of unbranched alkanes of at least 4 members (excludes halogenated alkanes) is 4. The van der Waals surface area contributed by atoms with Crippen LogP contribution in [0.3, 0.4) is 0 Å². The van der Waals surface area contributed by atoms with Crippen molar-refractivity contribution in [3.63, 3.8) is 0 Å². The Balaban J connectivity index is 2.01. The second-order valence-electron chi connectivity index (χ2n) is 3.96. The van der Waals surface area contributed by atoms with Crippen LogP contribution in [0.4, 0.5) is 0 Å². The fourth-order valence-electron chi connectivity index (χ4n) is 1.83. The summed E-state index contributed by atoms with van der Waals surface area (Å²) >= 11 is 0. The summed E-state index contributed by atoms with van der Waals surface area (Å²) in [6.45, 7) is 4.66. The molecule has 1 fully saturated rings. The van der Waals surface area contributed by atoms with Gasteiger partial charge >= 0.3 is 0 Å². The maximum atomic E-state index is 3.38. The van der Waals surface area contributed by atoms with Crippen LogP contribution in [0.5, 0.6) is 0 Å². The lowest BCUT2D eigenvalue weighted by atomic mass is 10.0. The van der Waals surface area contributed by atoms with Crippen LogP contribution in [0.2, 0.25) is 0 Å². The Kier molecular flexibility index (Phi) is 5.92. The molecule has 1 N–H and O–H groups in total. The van der Waals surface area contributed by atoms with Crippen LogP contribution in [0.1, 0.15) is 51.9 Å². The predicted octanol–water partition coefficient (Wildman–Crippen LogP) is 3.27. The molecule has 0 aromatic rings. The molecule has 0 aromatic heterocycles. The normalized spacial score (nSPS) is 17.5. The number of rotatable bonds is 5. The summed E-state index contributed by atoms with van der Waals surface area (Å²) < 4.78 is 0. The molecule has 0 spiro atoms. The van der Waals surface area contributed by atoms with Gasteiger partial charge in [0.15, 0.2) is 0 Å². The van der Waals surface area contributed by atoms with Gasteiger partial charge in [0.25, 0.3) is 0 Å². The van der Waals surface area contributed by atoms with Crippen molar-refractivity contribution in [3.8, 4) is 0 Å². The van der Waals surface area contributed by atoms with Crippen LogP contribution in [0, 0.1) is 0 Å². The van der Waals surface area contributed by atoms with E-state index in [1.165, 1.54) is 58.0 Å². The second kappa shape index (κ2) is 7.14. The van der Waals surface area contributed by atoms with Gasteiger partial charge in [0.1, 0.15) is 0 Å². The van der Waals surface area contributed by atoms with Crippen molar-refractivity contribution < 1.29 is 0 Å². The molecule has 0 bridgehead atoms. The van der Waals surface area contributed by atoms with Crippen molar-refractivity contribution in [2.45, 2.75) is 51.9 Å². The van der Waals surface area contributed by atoms with Gasteiger partial charge in [-0.2, -0.15) is 0 Å². The van der Waals surface area contributed by atoms with Crippen molar-refractivity contribution in [3.05, 3.63) is 11.6 Å². The molecule has 1 saturated heterocycles. The van der Waals surface area contributed by atoms with Gasteiger partial charge in [-0.15, -0.1) is 0 Å². The minimum absolute atomic E-state index is 1.20. The Morgan fingerprint density at radius 1 is 1.15 bits per heavy atom. The van der Waals surface area contributed by atoms with Gasteiger partial charge in [-0.3, -0.25) is 0 Å². The second-order valence-corrected chi connectivity index (χ2v) is 3.96. The zero-order chi connectivity index (χ0) is 9.36. The molecule has 0 saturated carbocycles. The van der Waals surface area contributed by atoms with Crippen LogP contribution >= 0.6 is 0 Å². The lowest BCUT2D eigenvalue weighted by Gasteiger charge is -2.14. The summed E-state index contributed by atoms with van der Waals surface area (Å²) in [7, 11) is 0. The van der Waals surface area contributed by atoms with Gasteiger partial charge in [-0.05, 0) is 38.8 Å². The summed E-state index contributed by atoms with van der Waals surface area (Å²) in [5, 5.41) is 3.38. The third kappa shape index (κ3) is 5.09. The van der Waals surface area contributed by atoms with Gasteiger partial charge in [-0.1, -0.05) is 37.8 Å². The lowest BCUT2D eigenvalue weighted by Crippen LogP contribution is -2.22. The molecule has 1 heteroatoms. The molecule has 1 aliphatic heterocycles. The average molecular weight is 181 g/mol. The van der Waals surface area contributed by atoms with E-state index in [0.29, 0.717) is 0 Å². The smallest absolute Gasteiger partial charge is 0.00115 e. The molecule has 13 heavy (non-hydrogen) atoms. The molecule has 0 unspecified atom stereocenters. The van der Waals surface area contributed by atoms with E-state index in [9.17, 15) is 0 Å². The predicted molar refractivity (Wildman–Crippen MR) is 58.9 cm³/mol. The zero-order valence-electron chi connectivity index (χ0n) is 8.94. The Morgan fingerprint density at radius 2 is 1.92 bits per heavy atom. The van der Waals surface area contributed by atoms with Crippen LogP contribution in [0.15, 0.2) is 11.6 Å². The number of nitrogens with one attached hydrogen (secondary N) is 1. The standard InChI is InChI=1S/C12H23N/c1-2-3-4-5-6-7-12-8-10-13-11-9-12/h7,13H,2-6,8-11H2,1H3. The van der Waals surface area contributed by atoms with Gasteiger partial charge in [0.2, 0.25) is 0 Å². The molecule has 0 aromatic carbocycles. The van der Waals surface area contributed by atoms with Crippen LogP contribution in [0.25, 0.3) is 0 Å². The van der Waals surface area contributed by atoms with Crippen molar-refractivity contribution >= 4 is 0 Å². The van der Waals surface area contributed by atoms with E-state index in [2.05, 4.69) is 18.3 Å². The largest absolute Gasteiger partial charge is 0.316 e. The fourth-order valence-corrected chi connectivity index (χ4v) is 1.83. The van der Waals surface area contributed by atoms with Crippen LogP contribution in [-0.2, 0) is 0 Å². The summed E-state index contributed by atoms with van der Waals surface area (Å²) in [6.07, 6.45) is 11.9. The Labute approximate surface area is 82.6 Å². The van der Waals surface area contributed by atoms with Gasteiger partial charge < -0.3 is 5.32 Å². The Bertz CT molecular complexity index is 141. The molecule has 76 valence electrons. The third-order valence-electron chi connectivity index (χ3n) is 2.74. The van der Waals surface area contributed by atoms with E-state index >= 15 is 0 Å². The topological polar surface area (TPSA) is 12.0 Å². The highest BCUT2D eigenvalue weighted by molar-refractivity contribution is 5.05. The minimum atomic E-state index is 1.20. The molecule has 0 atom stereocenters. The van der Waals surface area contributed by atoms with E-state index in [1.54, 1.807) is 5.57 Å². The van der Waals surface area contributed by atoms with Crippen molar-refractivity contribution in [1.29, 1.82) is 0 Å². The first-order valence-electron chi connectivity index (χ1n) is 5.82. The maximum Gasteiger partial charge on any atom is -0.00115 e. The van der Waals surface area contributed by atoms with E-state index in [0.717, 1.165) is 0 Å². The first kappa shape index (κ1) is 10.8. The first-order valence-corrected chi connectivity index (χ1v) is 5.82. The minimum Gasteiger partial charge on any atom is -0.316 e. The number of hydrogen-bond donors (Lipinski definition) is 1. The van der Waals surface area contributed by atoms with Crippen molar-refractivity contribution in [2.75, 3.05) is 13.1 Å². The van der Waals surface area contributed by atoms with Gasteiger partial charge in [0.05, 0.1) is 0 Å². The molecule has 1 nitrogen and oxygen atoms in total. The quantitative estimate of drug-likeness (QED) is 0.507. The monoisotopic (exact) mass is 181 g/mol. The molecular weight excluding hydrogens is 158 g/mol. The highest BCUT2D eigenvalue weighted by Crippen LogP contribution is 2.12. The van der Waals surface area contributed by atoms with Crippen molar-refractivity contribution in [2.24, 2.45) is 0 Å². The highest BCUT2D eigenvalue weighted by Gasteiger charge is 2.02. The Morgan fingerprint density at radius 3 is 2.62 bits per heavy atom. The SMILES string of the molecule is CCCCCCC=C1CCNCC1. The van der Waals surface area contributed by atoms with Crippen molar-refractivity contribution in [1.82, 2.24) is 5.32 Å². The summed E-state index contributed by atoms with van der Waals surface area (Å²) in [5.41, 5.74) is 1.69. The summed E-state index contributed by atoms with van der Waals surface area (Å²) in [4.78, 5) is 0. The van der Waals surface area contributed by atoms with Gasteiger partial charge in [0, 0.05) is 0 Å². The van der Waals surface area contributed by atoms with Crippen LogP contribution in [-0.4, -0.2) is 13.1 Å². The van der Waals surface area contributed by atoms with Gasteiger partial charge in [-0.25, -0.2) is 0 Å². The third-order valence-corrected chi connectivity index (χ3v) is 2.74. The highest BCUT2D eigenvalue weighted by atomic mass is 14.9. The zero-order valence-corrected chi connectivity index (χ0v) is 8.94. The van der Waals surface area contributed by atoms with E-state index < -0.39 is 0 Å². The average Bonchev–Trinajstić information content (AvgIpc) is 2.19. The molecule has 0 aliphatic carbocycles. The lowest BCUT2D eigenvalue weighted by molar-refractivity contribution is 0.603. The summed E-state index contributed by atoms with van der Waals surface area (Å²) in [5.74, 6) is 0. The molecule has 1 rings (SSSR count). The van der Waals surface area contributed by atoms with E-state index in [-0.39, 0.29) is 0 Å². The van der Waals surface area contributed by atoms with E-state index in [4.69, 9.17) is 0 Å².